The number of hydrogen-bond acceptors (Lipinski definition) is 2. The molecule has 0 aromatic rings. The highest BCUT2D eigenvalue weighted by Crippen LogP contribution is 2.48. The lowest BCUT2D eigenvalue weighted by Gasteiger charge is -2.56. The molecule has 2 unspecified atom stereocenters. The molecule has 0 aromatic heterocycles. The van der Waals surface area contributed by atoms with Crippen molar-refractivity contribution in [2.75, 3.05) is 13.6 Å². The van der Waals surface area contributed by atoms with Gasteiger partial charge in [-0.1, -0.05) is 34.6 Å². The fourth-order valence-corrected chi connectivity index (χ4v) is 5.03. The van der Waals surface area contributed by atoms with Crippen molar-refractivity contribution in [2.24, 2.45) is 22.5 Å². The van der Waals surface area contributed by atoms with Gasteiger partial charge in [-0.15, -0.1) is 0 Å². The van der Waals surface area contributed by atoms with Gasteiger partial charge in [-0.3, -0.25) is 4.90 Å². The molecule has 21 heavy (non-hydrogen) atoms. The largest absolute Gasteiger partial charge is 0.329 e. The molecule has 0 heterocycles. The maximum Gasteiger partial charge on any atom is 0.0357 e. The van der Waals surface area contributed by atoms with E-state index >= 15 is 0 Å². The fraction of sp³-hybridized carbons (Fsp3) is 1.00. The molecule has 2 aliphatic carbocycles. The highest BCUT2D eigenvalue weighted by molar-refractivity contribution is 5.03. The van der Waals surface area contributed by atoms with Gasteiger partial charge in [0.25, 0.3) is 0 Å². The van der Waals surface area contributed by atoms with Crippen LogP contribution in [0.2, 0.25) is 0 Å². The van der Waals surface area contributed by atoms with Gasteiger partial charge >= 0.3 is 0 Å². The minimum absolute atomic E-state index is 0.238. The van der Waals surface area contributed by atoms with Crippen LogP contribution in [0.1, 0.15) is 79.6 Å². The maximum atomic E-state index is 6.34. The van der Waals surface area contributed by atoms with Gasteiger partial charge in [0, 0.05) is 18.1 Å². The summed E-state index contributed by atoms with van der Waals surface area (Å²) < 4.78 is 0. The highest BCUT2D eigenvalue weighted by atomic mass is 15.2. The predicted octanol–water partition coefficient (Wildman–Crippen LogP) is 4.43. The Labute approximate surface area is 132 Å². The van der Waals surface area contributed by atoms with Crippen LogP contribution in [0.15, 0.2) is 0 Å². The van der Waals surface area contributed by atoms with E-state index in [0.29, 0.717) is 16.7 Å². The maximum absolute atomic E-state index is 6.34. The third kappa shape index (κ3) is 3.47. The lowest BCUT2D eigenvalue weighted by atomic mass is 9.62. The predicted molar refractivity (Wildman–Crippen MR) is 92.4 cm³/mol. The summed E-state index contributed by atoms with van der Waals surface area (Å²) in [5.74, 6) is 0.700. The number of nitrogens with zero attached hydrogens (tertiary/aromatic N) is 1. The zero-order chi connectivity index (χ0) is 15.9. The normalized spacial score (nSPS) is 36.9. The van der Waals surface area contributed by atoms with Gasteiger partial charge in [-0.05, 0) is 68.7 Å². The molecule has 2 fully saturated rings. The molecule has 124 valence electrons. The van der Waals surface area contributed by atoms with Gasteiger partial charge in [0.1, 0.15) is 0 Å². The Morgan fingerprint density at radius 2 is 1.52 bits per heavy atom. The van der Waals surface area contributed by atoms with Gasteiger partial charge < -0.3 is 5.73 Å². The topological polar surface area (TPSA) is 29.3 Å². The minimum atomic E-state index is 0.238. The van der Waals surface area contributed by atoms with Crippen LogP contribution in [-0.2, 0) is 0 Å². The van der Waals surface area contributed by atoms with Gasteiger partial charge in [0.05, 0.1) is 0 Å². The second-order valence-corrected chi connectivity index (χ2v) is 9.58. The number of likely N-dealkylation sites (N-methyl/N-ethyl adjacent to an activating group) is 1. The molecule has 2 rings (SSSR count). The molecule has 0 amide bonds. The lowest BCUT2D eigenvalue weighted by molar-refractivity contribution is -0.0449. The van der Waals surface area contributed by atoms with Gasteiger partial charge in [0.15, 0.2) is 0 Å². The van der Waals surface area contributed by atoms with Crippen molar-refractivity contribution in [1.82, 2.24) is 4.90 Å². The first kappa shape index (κ1) is 17.3. The fourth-order valence-electron chi connectivity index (χ4n) is 5.03. The molecule has 2 saturated carbocycles. The molecule has 0 aliphatic heterocycles. The first-order chi connectivity index (χ1) is 9.62. The summed E-state index contributed by atoms with van der Waals surface area (Å²) in [6.07, 6.45) is 9.33. The Morgan fingerprint density at radius 1 is 0.952 bits per heavy atom. The molecule has 0 spiro atoms. The quantitative estimate of drug-likeness (QED) is 0.834. The Balaban J connectivity index is 2.10. The van der Waals surface area contributed by atoms with Crippen LogP contribution in [0.5, 0.6) is 0 Å². The van der Waals surface area contributed by atoms with Crippen molar-refractivity contribution in [2.45, 2.75) is 91.1 Å². The van der Waals surface area contributed by atoms with E-state index in [1.54, 1.807) is 0 Å². The zero-order valence-corrected chi connectivity index (χ0v) is 15.3. The van der Waals surface area contributed by atoms with E-state index in [9.17, 15) is 0 Å². The van der Waals surface area contributed by atoms with Gasteiger partial charge in [-0.25, -0.2) is 0 Å². The smallest absolute Gasteiger partial charge is 0.0357 e. The lowest BCUT2D eigenvalue weighted by Crippen LogP contribution is -2.62. The van der Waals surface area contributed by atoms with Crippen LogP contribution >= 0.6 is 0 Å². The first-order valence-electron chi connectivity index (χ1n) is 9.05. The van der Waals surface area contributed by atoms with E-state index in [-0.39, 0.29) is 5.54 Å². The minimum Gasteiger partial charge on any atom is -0.329 e. The summed E-state index contributed by atoms with van der Waals surface area (Å²) in [4.78, 5) is 2.71. The van der Waals surface area contributed by atoms with Crippen LogP contribution in [0.25, 0.3) is 0 Å². The summed E-state index contributed by atoms with van der Waals surface area (Å²) in [7, 11) is 2.37. The first-order valence-corrected chi connectivity index (χ1v) is 9.05. The van der Waals surface area contributed by atoms with E-state index in [1.165, 1.54) is 44.9 Å². The van der Waals surface area contributed by atoms with Crippen LogP contribution in [-0.4, -0.2) is 30.1 Å². The van der Waals surface area contributed by atoms with Crippen LogP contribution in [0.3, 0.4) is 0 Å². The molecule has 2 aliphatic rings. The van der Waals surface area contributed by atoms with E-state index in [4.69, 9.17) is 5.73 Å². The number of hydrogen-bond donors (Lipinski definition) is 1. The van der Waals surface area contributed by atoms with Crippen LogP contribution in [0.4, 0.5) is 0 Å². The molecule has 0 radical (unpaired) electrons. The molecule has 2 heteroatoms. The Bertz CT molecular complexity index is 351. The van der Waals surface area contributed by atoms with Gasteiger partial charge in [0.2, 0.25) is 0 Å². The third-order valence-electron chi connectivity index (χ3n) is 6.92. The van der Waals surface area contributed by atoms with Crippen molar-refractivity contribution in [3.05, 3.63) is 0 Å². The zero-order valence-electron chi connectivity index (χ0n) is 15.3. The number of rotatable bonds is 3. The summed E-state index contributed by atoms with van der Waals surface area (Å²) >= 11 is 0. The van der Waals surface area contributed by atoms with E-state index in [0.717, 1.165) is 12.6 Å². The molecule has 0 saturated heterocycles. The molecular weight excluding hydrogens is 256 g/mol. The second-order valence-electron chi connectivity index (χ2n) is 9.58. The van der Waals surface area contributed by atoms with Crippen molar-refractivity contribution >= 4 is 0 Å². The average molecular weight is 295 g/mol. The van der Waals surface area contributed by atoms with E-state index in [1.807, 2.05) is 0 Å². The highest BCUT2D eigenvalue weighted by Gasteiger charge is 2.47. The standard InChI is InChI=1S/C19H38N2/c1-15-13-18(4,5)11-12-19(15,14-20)21(6)16-7-9-17(2,3)10-8-16/h15-16H,7-14,20H2,1-6H3. The summed E-state index contributed by atoms with van der Waals surface area (Å²) in [6.45, 7) is 13.0. The molecule has 2 N–H and O–H groups in total. The second kappa shape index (κ2) is 5.85. The average Bonchev–Trinajstić information content (AvgIpc) is 2.38. The number of nitrogens with two attached hydrogens (primary N) is 1. The summed E-state index contributed by atoms with van der Waals surface area (Å²) in [5.41, 5.74) is 7.62. The third-order valence-corrected chi connectivity index (χ3v) is 6.92. The summed E-state index contributed by atoms with van der Waals surface area (Å²) in [6, 6.07) is 0.741. The van der Waals surface area contributed by atoms with E-state index in [2.05, 4.69) is 46.6 Å². The van der Waals surface area contributed by atoms with Crippen molar-refractivity contribution in [1.29, 1.82) is 0 Å². The Kier molecular flexibility index (Phi) is 4.81. The monoisotopic (exact) mass is 294 g/mol. The Morgan fingerprint density at radius 3 is 2.00 bits per heavy atom. The van der Waals surface area contributed by atoms with Crippen molar-refractivity contribution in [3.63, 3.8) is 0 Å². The van der Waals surface area contributed by atoms with Crippen LogP contribution < -0.4 is 5.73 Å². The molecule has 2 atom stereocenters. The van der Waals surface area contributed by atoms with Crippen LogP contribution in [0, 0.1) is 16.7 Å². The Hall–Kier alpha value is -0.0800. The molecule has 0 aromatic carbocycles. The van der Waals surface area contributed by atoms with E-state index < -0.39 is 0 Å². The molecule has 2 nitrogen and oxygen atoms in total. The summed E-state index contributed by atoms with van der Waals surface area (Å²) in [5, 5.41) is 0. The molecular formula is C19H38N2. The van der Waals surface area contributed by atoms with Gasteiger partial charge in [-0.2, -0.15) is 0 Å². The molecule has 0 bridgehead atoms. The SMILES string of the molecule is CC1CC(C)(C)CCC1(CN)N(C)C1CCC(C)(C)CC1. The van der Waals surface area contributed by atoms with Crippen molar-refractivity contribution < 1.29 is 0 Å². The van der Waals surface area contributed by atoms with Crippen molar-refractivity contribution in [3.8, 4) is 0 Å².